The molecule has 60 heteroatoms. The molecule has 12 rings (SSSR count). The Labute approximate surface area is 898 Å². The van der Waals surface area contributed by atoms with Gasteiger partial charge in [-0.25, -0.2) is 57.5 Å². The summed E-state index contributed by atoms with van der Waals surface area (Å²) < 4.78 is 0. The molecular formula is C72H126N24O12S24. The molecule has 0 bridgehead atoms. The van der Waals surface area contributed by atoms with E-state index >= 15 is 0 Å². The molecule has 0 aromatic carbocycles. The van der Waals surface area contributed by atoms with Crippen molar-refractivity contribution in [1.82, 2.24) is 118 Å². The zero-order chi connectivity index (χ0) is 95.9. The lowest BCUT2D eigenvalue weighted by Gasteiger charge is -2.30. The molecule has 12 saturated heterocycles. The van der Waals surface area contributed by atoms with Crippen LogP contribution in [0.15, 0.2) is 0 Å². The van der Waals surface area contributed by atoms with Crippen molar-refractivity contribution in [2.45, 2.75) is 74.0 Å². The second kappa shape index (κ2) is 56.2. The molecule has 10 atom stereocenters. The molecular weight excluding hydrogens is 2160 g/mol. The fourth-order valence-electron chi connectivity index (χ4n) is 19.2. The number of fused-ring (bicyclic) bond motifs is 6. The van der Waals surface area contributed by atoms with Gasteiger partial charge in [0.25, 0.3) is 0 Å². The lowest BCUT2D eigenvalue weighted by molar-refractivity contribution is 0.136. The van der Waals surface area contributed by atoms with E-state index in [-0.39, 0.29) is 109 Å². The molecule has 12 aliphatic rings. The molecule has 0 aliphatic carbocycles. The summed E-state index contributed by atoms with van der Waals surface area (Å²) in [5, 5.41) is 0. The third kappa shape index (κ3) is 24.4. The van der Waals surface area contributed by atoms with Crippen molar-refractivity contribution in [2.75, 3.05) is 295 Å². The minimum absolute atomic E-state index is 0.0565. The molecule has 0 aromatic rings. The summed E-state index contributed by atoms with van der Waals surface area (Å²) in [5.41, 5.74) is 0. The number of carbonyl (C=O) groups is 12. The molecule has 132 heavy (non-hydrogen) atoms. The van der Waals surface area contributed by atoms with Crippen LogP contribution in [0.3, 0.4) is 0 Å². The van der Waals surface area contributed by atoms with Gasteiger partial charge >= 0.3 is 72.4 Å². The Morgan fingerprint density at radius 1 is 0.121 bits per heavy atom. The van der Waals surface area contributed by atoms with E-state index in [1.54, 1.807) is 182 Å². The van der Waals surface area contributed by atoms with Crippen LogP contribution in [0.2, 0.25) is 0 Å². The van der Waals surface area contributed by atoms with E-state index in [0.29, 0.717) is 295 Å². The van der Waals surface area contributed by atoms with Crippen molar-refractivity contribution in [1.29, 1.82) is 0 Å². The van der Waals surface area contributed by atoms with Crippen molar-refractivity contribution in [3.8, 4) is 0 Å². The molecule has 24 amide bonds. The van der Waals surface area contributed by atoms with Crippen molar-refractivity contribution >= 4 is 364 Å². The van der Waals surface area contributed by atoms with Gasteiger partial charge in [0.15, 0.2) is 0 Å². The first-order chi connectivity index (χ1) is 64.0. The number of nitrogens with zero attached hydrogens (tertiary/aromatic N) is 24. The van der Waals surface area contributed by atoms with E-state index < -0.39 is 37.0 Å². The summed E-state index contributed by atoms with van der Waals surface area (Å²) >= 11 is 78.4. The van der Waals surface area contributed by atoms with Gasteiger partial charge in [0.2, 0.25) is 0 Å². The van der Waals surface area contributed by atoms with E-state index in [4.69, 9.17) is 0 Å². The van der Waals surface area contributed by atoms with Gasteiger partial charge in [-0.2, -0.15) is 227 Å². The van der Waals surface area contributed by atoms with E-state index in [2.05, 4.69) is 227 Å². The maximum absolute atomic E-state index is 14.1. The molecule has 10 unspecified atom stereocenters. The first-order valence-corrected chi connectivity index (χ1v) is 62.4. The van der Waals surface area contributed by atoms with Crippen LogP contribution in [0.25, 0.3) is 0 Å². The van der Waals surface area contributed by atoms with Crippen LogP contribution >= 0.6 is 292 Å². The van der Waals surface area contributed by atoms with E-state index in [1.165, 1.54) is 0 Å². The Hall–Kier alpha value is -0.360. The van der Waals surface area contributed by atoms with E-state index in [9.17, 15) is 57.5 Å². The van der Waals surface area contributed by atoms with E-state index in [1.807, 2.05) is 0 Å². The minimum atomic E-state index is -0.485. The van der Waals surface area contributed by atoms with Gasteiger partial charge in [-0.15, -0.1) is 0 Å². The van der Waals surface area contributed by atoms with Crippen LogP contribution in [0.1, 0.15) is 0 Å². The standard InChI is InChI=1S/C36H62N12O6S12.C24H42N8O4S8.C12H22N4O2S4/c49-31-37(1-13-55)25-27(41(31)5-17-59)45(33(51)39(25)3-15-57)9-21-63-65-23-11-47-29-30(44(8-20-62)35(47)53)48(36(54)43(29)7-19-61)12-24-66-64-22-10-46-28-26(40(4-16-58)34(46)52)38(2-14-56)32(50)42(28)6-18-60;33-21-25(1-9-37)17-19(29(21)5-13-41)31(23(35)27(17)3-11-39)7-15-43-44-16-8-32-20-18(28(4-12-40)24(32)36)26(2-10-38)22(34)30(20)6-14-42;17-11-13(1-5-19)9-10(15(11)3-7-21)16(4-8-22)12(18)14(9)2-6-20/h25-30,55-62H,1-24H2;17-20,37-42H,1-16H2;9-10,19-22H,1-8H2. The Morgan fingerprint density at radius 2 is 0.182 bits per heavy atom. The SMILES string of the molecule is O=C1N(CCS)C2C(N1CCS)N(CCS)C(=O)N2CCS.O=C1N(CCS)C2C(N1CCS)N(CCSSCCN1C(=O)N(CCS)C3C1N(CCS)C(=O)N3CCS)C(=O)N2CCS.O=C1N(CCS)C2C(N1CCS)N(CCSSCCN1C(=O)N(CCS)C3C1N(CCS)C(=O)N3CCSSCCN1C(=O)N(CCS)C3C1N(CCS)C(=O)N3CCS)C(=O)N2CCS. The maximum atomic E-state index is 14.1. The molecule has 0 N–H and O–H groups in total. The second-order valence-corrected chi connectivity index (χ2v) is 47.1. The highest BCUT2D eigenvalue weighted by atomic mass is 33.1. The number of amides is 24. The maximum Gasteiger partial charge on any atom is 0.323 e. The van der Waals surface area contributed by atoms with Crippen LogP contribution in [0.4, 0.5) is 57.5 Å². The molecule has 0 aromatic heterocycles. The highest BCUT2D eigenvalue weighted by Gasteiger charge is 2.65. The number of hydrogen-bond donors (Lipinski definition) is 18. The molecule has 750 valence electrons. The van der Waals surface area contributed by atoms with E-state index in [0.717, 1.165) is 0 Å². The van der Waals surface area contributed by atoms with Gasteiger partial charge in [-0.05, 0) is 0 Å². The van der Waals surface area contributed by atoms with Gasteiger partial charge in [0.1, 0.15) is 74.0 Å². The number of thiol groups is 18. The molecule has 12 fully saturated rings. The van der Waals surface area contributed by atoms with Crippen LogP contribution in [-0.4, -0.2) is 559 Å². The average Bonchev–Trinajstić information content (AvgIpc) is 1.61. The van der Waals surface area contributed by atoms with Crippen LogP contribution in [0, 0.1) is 0 Å². The zero-order valence-electron chi connectivity index (χ0n) is 73.0. The first kappa shape index (κ1) is 114. The zero-order valence-corrected chi connectivity index (χ0v) is 94.0. The predicted octanol–water partition coefficient (Wildman–Crippen LogP) is 6.60. The number of carbonyl (C=O) groups excluding carboxylic acids is 12. The molecule has 0 spiro atoms. The fraction of sp³-hybridized carbons (Fsp3) is 0.833. The molecule has 12 heterocycles. The Bertz CT molecular complexity index is 3580. The Balaban J connectivity index is 0.000000233. The predicted molar refractivity (Wildman–Crippen MR) is 595 cm³/mol. The van der Waals surface area contributed by atoms with Crippen LogP contribution in [0.5, 0.6) is 0 Å². The van der Waals surface area contributed by atoms with Crippen molar-refractivity contribution in [2.24, 2.45) is 0 Å². The molecule has 0 saturated carbocycles. The van der Waals surface area contributed by atoms with Gasteiger partial charge in [0.05, 0.1) is 0 Å². The molecule has 12 aliphatic heterocycles. The first-order valence-electron chi connectivity index (χ1n) is 43.5. The largest absolute Gasteiger partial charge is 0.323 e. The number of hydrogen-bond acceptors (Lipinski definition) is 36. The highest BCUT2D eigenvalue weighted by molar-refractivity contribution is 8.77. The van der Waals surface area contributed by atoms with Crippen molar-refractivity contribution < 1.29 is 57.5 Å². The van der Waals surface area contributed by atoms with Crippen molar-refractivity contribution in [3.05, 3.63) is 0 Å². The van der Waals surface area contributed by atoms with Crippen molar-refractivity contribution in [3.63, 3.8) is 0 Å². The third-order valence-electron chi connectivity index (χ3n) is 24.0. The third-order valence-corrected chi connectivity index (χ3v) is 34.7. The second-order valence-electron chi connectivity index (χ2n) is 31.0. The average molecular weight is 2290 g/mol. The Kier molecular flexibility index (Phi) is 48.4. The number of urea groups is 12. The lowest BCUT2D eigenvalue weighted by atomic mass is 10.3. The summed E-state index contributed by atoms with van der Waals surface area (Å²) in [6.45, 7) is 10.6. The minimum Gasteiger partial charge on any atom is -0.299 e. The molecule has 36 nitrogen and oxygen atoms in total. The summed E-state index contributed by atoms with van der Waals surface area (Å²) in [6.07, 6.45) is -4.74. The highest BCUT2D eigenvalue weighted by Crippen LogP contribution is 2.44. The van der Waals surface area contributed by atoms with Gasteiger partial charge in [-0.3, -0.25) is 118 Å². The summed E-state index contributed by atoms with van der Waals surface area (Å²) in [5.74, 6) is 12.6. The quantitative estimate of drug-likeness (QED) is 0.0173. The van der Waals surface area contributed by atoms with Crippen LogP contribution in [-0.2, 0) is 0 Å². The van der Waals surface area contributed by atoms with Gasteiger partial charge in [0, 0.05) is 295 Å². The summed E-state index contributed by atoms with van der Waals surface area (Å²) in [6, 6.07) is -1.27. The van der Waals surface area contributed by atoms with Gasteiger partial charge in [-0.1, -0.05) is 64.8 Å². The number of rotatable bonds is 57. The lowest BCUT2D eigenvalue weighted by Crippen LogP contribution is -2.48. The monoisotopic (exact) mass is 2290 g/mol. The fourth-order valence-corrected chi connectivity index (χ4v) is 28.8. The van der Waals surface area contributed by atoms with Gasteiger partial charge < -0.3 is 0 Å². The summed E-state index contributed by atoms with van der Waals surface area (Å²) in [4.78, 5) is 204. The summed E-state index contributed by atoms with van der Waals surface area (Å²) in [7, 11) is 9.68. The van der Waals surface area contributed by atoms with Crippen LogP contribution < -0.4 is 0 Å². The smallest absolute Gasteiger partial charge is 0.299 e. The normalized spacial score (nSPS) is 25.1. The molecule has 0 radical (unpaired) electrons. The Morgan fingerprint density at radius 3 is 0.242 bits per heavy atom. The topological polar surface area (TPSA) is 283 Å².